The maximum absolute atomic E-state index is 10.8. The van der Waals surface area contributed by atoms with Crippen molar-refractivity contribution in [2.45, 2.75) is 18.9 Å². The van der Waals surface area contributed by atoms with Crippen molar-refractivity contribution in [3.05, 3.63) is 30.1 Å². The van der Waals surface area contributed by atoms with E-state index in [1.54, 1.807) is 12.4 Å². The molecule has 0 saturated heterocycles. The van der Waals surface area contributed by atoms with Crippen LogP contribution in [-0.2, 0) is 14.3 Å². The van der Waals surface area contributed by atoms with E-state index in [0.717, 1.165) is 18.2 Å². The predicted molar refractivity (Wildman–Crippen MR) is 66.1 cm³/mol. The Bertz CT molecular complexity index is 420. The van der Waals surface area contributed by atoms with Gasteiger partial charge in [0.25, 0.3) is 10.1 Å². The van der Waals surface area contributed by atoms with Gasteiger partial charge in [-0.2, -0.15) is 8.42 Å². The van der Waals surface area contributed by atoms with E-state index in [9.17, 15) is 8.42 Å². The number of rotatable bonds is 7. The fourth-order valence-electron chi connectivity index (χ4n) is 1.56. The molecule has 0 saturated carbocycles. The minimum atomic E-state index is -3.33. The molecule has 0 radical (unpaired) electrons. The highest BCUT2D eigenvalue weighted by Crippen LogP contribution is 2.16. The lowest BCUT2D eigenvalue weighted by Gasteiger charge is -2.15. The first-order chi connectivity index (χ1) is 8.03. The third-order valence-corrected chi connectivity index (χ3v) is 2.96. The molecule has 5 nitrogen and oxygen atoms in total. The van der Waals surface area contributed by atoms with Gasteiger partial charge in [0.05, 0.1) is 12.9 Å². The van der Waals surface area contributed by atoms with E-state index in [2.05, 4.69) is 14.5 Å². The van der Waals surface area contributed by atoms with Crippen molar-refractivity contribution < 1.29 is 12.6 Å². The van der Waals surface area contributed by atoms with Crippen LogP contribution in [0.3, 0.4) is 0 Å². The van der Waals surface area contributed by atoms with Gasteiger partial charge in [-0.25, -0.2) is 0 Å². The standard InChI is InChI=1S/C11H18N2O3S/c1-12-11(10-5-3-7-13-9-10)6-4-8-16-17(2,14)15/h3,5,7,9,11-12H,4,6,8H2,1-2H3. The normalized spacial score (nSPS) is 13.5. The van der Waals surface area contributed by atoms with Crippen molar-refractivity contribution in [2.24, 2.45) is 0 Å². The molecule has 0 aromatic carbocycles. The third kappa shape index (κ3) is 5.76. The maximum Gasteiger partial charge on any atom is 0.264 e. The Labute approximate surface area is 102 Å². The quantitative estimate of drug-likeness (QED) is 0.586. The molecule has 96 valence electrons. The smallest absolute Gasteiger partial charge is 0.264 e. The molecule has 1 heterocycles. The van der Waals surface area contributed by atoms with Crippen molar-refractivity contribution in [3.8, 4) is 0 Å². The molecule has 1 atom stereocenters. The van der Waals surface area contributed by atoms with Crippen molar-refractivity contribution >= 4 is 10.1 Å². The molecule has 1 aromatic heterocycles. The summed E-state index contributed by atoms with van der Waals surface area (Å²) in [6.45, 7) is 0.220. The van der Waals surface area contributed by atoms with Gasteiger partial charge < -0.3 is 5.32 Å². The van der Waals surface area contributed by atoms with Gasteiger partial charge in [0.15, 0.2) is 0 Å². The molecule has 0 aliphatic heterocycles. The van der Waals surface area contributed by atoms with E-state index in [1.807, 2.05) is 19.2 Å². The molecule has 17 heavy (non-hydrogen) atoms. The van der Waals surface area contributed by atoms with Crippen LogP contribution in [0.5, 0.6) is 0 Å². The fourth-order valence-corrected chi connectivity index (χ4v) is 1.98. The van der Waals surface area contributed by atoms with E-state index in [4.69, 9.17) is 0 Å². The van der Waals surface area contributed by atoms with Gasteiger partial charge in [0, 0.05) is 18.4 Å². The minimum absolute atomic E-state index is 0.173. The number of nitrogens with zero attached hydrogens (tertiary/aromatic N) is 1. The number of hydrogen-bond acceptors (Lipinski definition) is 5. The van der Waals surface area contributed by atoms with Crippen LogP contribution in [0.15, 0.2) is 24.5 Å². The lowest BCUT2D eigenvalue weighted by atomic mass is 10.0. The molecule has 1 aromatic rings. The van der Waals surface area contributed by atoms with Crippen LogP contribution >= 0.6 is 0 Å². The Kier molecular flexibility index (Phi) is 5.54. The molecular formula is C11H18N2O3S. The average Bonchev–Trinajstić information content (AvgIpc) is 2.29. The lowest BCUT2D eigenvalue weighted by Crippen LogP contribution is -2.17. The maximum atomic E-state index is 10.8. The summed E-state index contributed by atoms with van der Waals surface area (Å²) in [6.07, 6.45) is 6.07. The topological polar surface area (TPSA) is 68.3 Å². The molecule has 0 fully saturated rings. The van der Waals surface area contributed by atoms with Crippen molar-refractivity contribution in [1.82, 2.24) is 10.3 Å². The summed E-state index contributed by atoms with van der Waals surface area (Å²) in [5.74, 6) is 0. The summed E-state index contributed by atoms with van der Waals surface area (Å²) >= 11 is 0. The fraction of sp³-hybridized carbons (Fsp3) is 0.545. The van der Waals surface area contributed by atoms with Crippen LogP contribution < -0.4 is 5.32 Å². The number of aromatic nitrogens is 1. The van der Waals surface area contributed by atoms with Gasteiger partial charge >= 0.3 is 0 Å². The Morgan fingerprint density at radius 2 is 2.29 bits per heavy atom. The van der Waals surface area contributed by atoms with Crippen LogP contribution in [0, 0.1) is 0 Å². The van der Waals surface area contributed by atoms with E-state index in [0.29, 0.717) is 6.42 Å². The minimum Gasteiger partial charge on any atom is -0.313 e. The van der Waals surface area contributed by atoms with Gasteiger partial charge in [-0.15, -0.1) is 0 Å². The molecule has 0 amide bonds. The average molecular weight is 258 g/mol. The first kappa shape index (κ1) is 14.1. The Balaban J connectivity index is 2.39. The number of nitrogens with one attached hydrogen (secondary N) is 1. The Morgan fingerprint density at radius 1 is 1.53 bits per heavy atom. The van der Waals surface area contributed by atoms with E-state index in [1.165, 1.54) is 0 Å². The summed E-state index contributed by atoms with van der Waals surface area (Å²) in [6, 6.07) is 4.05. The summed E-state index contributed by atoms with van der Waals surface area (Å²) < 4.78 is 26.2. The molecule has 0 aliphatic rings. The second kappa shape index (κ2) is 6.68. The second-order valence-corrected chi connectivity index (χ2v) is 5.44. The largest absolute Gasteiger partial charge is 0.313 e. The lowest BCUT2D eigenvalue weighted by molar-refractivity contribution is 0.303. The highest BCUT2D eigenvalue weighted by molar-refractivity contribution is 7.85. The summed E-state index contributed by atoms with van der Waals surface area (Å²) in [5.41, 5.74) is 1.09. The van der Waals surface area contributed by atoms with Gasteiger partial charge in [-0.3, -0.25) is 9.17 Å². The van der Waals surface area contributed by atoms with Crippen LogP contribution in [-0.4, -0.2) is 33.3 Å². The summed E-state index contributed by atoms with van der Waals surface area (Å²) in [5, 5.41) is 3.17. The predicted octanol–water partition coefficient (Wildman–Crippen LogP) is 1.10. The highest BCUT2D eigenvalue weighted by Gasteiger charge is 2.09. The van der Waals surface area contributed by atoms with Crippen LogP contribution in [0.1, 0.15) is 24.4 Å². The molecule has 6 heteroatoms. The Hall–Kier alpha value is -0.980. The summed E-state index contributed by atoms with van der Waals surface area (Å²) in [7, 11) is -1.46. The summed E-state index contributed by atoms with van der Waals surface area (Å²) in [4.78, 5) is 4.05. The molecule has 1 unspecified atom stereocenters. The van der Waals surface area contributed by atoms with Gasteiger partial charge in [-0.1, -0.05) is 6.07 Å². The molecule has 1 N–H and O–H groups in total. The Morgan fingerprint density at radius 3 is 2.82 bits per heavy atom. The molecule has 0 bridgehead atoms. The first-order valence-corrected chi connectivity index (χ1v) is 7.26. The van der Waals surface area contributed by atoms with Crippen LogP contribution in [0.25, 0.3) is 0 Å². The molecule has 0 spiro atoms. The van der Waals surface area contributed by atoms with Gasteiger partial charge in [0.1, 0.15) is 0 Å². The van der Waals surface area contributed by atoms with Gasteiger partial charge in [0.2, 0.25) is 0 Å². The highest BCUT2D eigenvalue weighted by atomic mass is 32.2. The van der Waals surface area contributed by atoms with E-state index >= 15 is 0 Å². The SMILES string of the molecule is CNC(CCCOS(C)(=O)=O)c1cccnc1. The molecule has 1 rings (SSSR count). The zero-order chi connectivity index (χ0) is 12.7. The molecule has 0 aliphatic carbocycles. The number of hydrogen-bond donors (Lipinski definition) is 1. The van der Waals surface area contributed by atoms with E-state index in [-0.39, 0.29) is 12.6 Å². The first-order valence-electron chi connectivity index (χ1n) is 5.44. The number of pyridine rings is 1. The van der Waals surface area contributed by atoms with Crippen LogP contribution in [0.4, 0.5) is 0 Å². The van der Waals surface area contributed by atoms with Gasteiger partial charge in [-0.05, 0) is 31.5 Å². The van der Waals surface area contributed by atoms with Crippen molar-refractivity contribution in [3.63, 3.8) is 0 Å². The zero-order valence-corrected chi connectivity index (χ0v) is 10.9. The van der Waals surface area contributed by atoms with Crippen molar-refractivity contribution in [1.29, 1.82) is 0 Å². The molecular weight excluding hydrogens is 240 g/mol. The zero-order valence-electron chi connectivity index (χ0n) is 10.1. The van der Waals surface area contributed by atoms with Crippen LogP contribution in [0.2, 0.25) is 0 Å². The van der Waals surface area contributed by atoms with E-state index < -0.39 is 10.1 Å². The third-order valence-electron chi connectivity index (χ3n) is 2.37. The second-order valence-electron chi connectivity index (χ2n) is 3.80. The van der Waals surface area contributed by atoms with Crippen molar-refractivity contribution in [2.75, 3.05) is 19.9 Å². The monoisotopic (exact) mass is 258 g/mol.